The van der Waals surface area contributed by atoms with E-state index in [1.54, 1.807) is 12.1 Å². The SMILES string of the molecule is CCCN(CC1CCNCC1)C(=O)c1ccc(C)[nH]c1=O. The lowest BCUT2D eigenvalue weighted by Crippen LogP contribution is -2.41. The average molecular weight is 291 g/mol. The normalized spacial score (nSPS) is 15.9. The van der Waals surface area contributed by atoms with E-state index in [-0.39, 0.29) is 17.0 Å². The third-order valence-electron chi connectivity index (χ3n) is 4.00. The van der Waals surface area contributed by atoms with Crippen LogP contribution >= 0.6 is 0 Å². The molecule has 0 radical (unpaired) electrons. The molecule has 2 heterocycles. The molecule has 0 unspecified atom stereocenters. The Morgan fingerprint density at radius 3 is 2.67 bits per heavy atom. The van der Waals surface area contributed by atoms with E-state index in [4.69, 9.17) is 0 Å². The molecule has 0 saturated carbocycles. The number of hydrogen-bond acceptors (Lipinski definition) is 3. The highest BCUT2D eigenvalue weighted by atomic mass is 16.2. The zero-order chi connectivity index (χ0) is 15.2. The van der Waals surface area contributed by atoms with Gasteiger partial charge < -0.3 is 15.2 Å². The second-order valence-corrected chi connectivity index (χ2v) is 5.83. The Balaban J connectivity index is 2.12. The number of piperidine rings is 1. The van der Waals surface area contributed by atoms with Crippen molar-refractivity contribution in [3.8, 4) is 0 Å². The molecule has 0 bridgehead atoms. The van der Waals surface area contributed by atoms with Crippen molar-refractivity contribution in [3.63, 3.8) is 0 Å². The highest BCUT2D eigenvalue weighted by molar-refractivity contribution is 5.93. The van der Waals surface area contributed by atoms with Crippen LogP contribution in [0, 0.1) is 12.8 Å². The van der Waals surface area contributed by atoms with E-state index in [1.807, 2.05) is 11.8 Å². The smallest absolute Gasteiger partial charge is 0.260 e. The maximum absolute atomic E-state index is 12.6. The third-order valence-corrected chi connectivity index (χ3v) is 4.00. The van der Waals surface area contributed by atoms with E-state index in [0.717, 1.165) is 44.6 Å². The fourth-order valence-electron chi connectivity index (χ4n) is 2.83. The molecule has 1 aromatic heterocycles. The second kappa shape index (κ2) is 7.41. The summed E-state index contributed by atoms with van der Waals surface area (Å²) in [6.07, 6.45) is 3.09. The van der Waals surface area contributed by atoms with Gasteiger partial charge in [-0.05, 0) is 57.3 Å². The summed E-state index contributed by atoms with van der Waals surface area (Å²) in [5.74, 6) is 0.392. The van der Waals surface area contributed by atoms with Crippen LogP contribution in [0.15, 0.2) is 16.9 Å². The van der Waals surface area contributed by atoms with Crippen LogP contribution in [0.1, 0.15) is 42.2 Å². The zero-order valence-electron chi connectivity index (χ0n) is 12.9. The van der Waals surface area contributed by atoms with Crippen molar-refractivity contribution in [3.05, 3.63) is 33.7 Å². The highest BCUT2D eigenvalue weighted by Crippen LogP contribution is 2.15. The molecular formula is C16H25N3O2. The Morgan fingerprint density at radius 1 is 1.33 bits per heavy atom. The average Bonchev–Trinajstić information content (AvgIpc) is 2.47. The number of aromatic nitrogens is 1. The lowest BCUT2D eigenvalue weighted by Gasteiger charge is -2.30. The van der Waals surface area contributed by atoms with Gasteiger partial charge in [0, 0.05) is 18.8 Å². The van der Waals surface area contributed by atoms with Crippen LogP contribution < -0.4 is 10.9 Å². The van der Waals surface area contributed by atoms with Crippen LogP contribution in [0.2, 0.25) is 0 Å². The fraction of sp³-hybridized carbons (Fsp3) is 0.625. The molecule has 5 heteroatoms. The Hall–Kier alpha value is -1.62. The van der Waals surface area contributed by atoms with E-state index in [2.05, 4.69) is 17.2 Å². The van der Waals surface area contributed by atoms with Gasteiger partial charge in [-0.15, -0.1) is 0 Å². The molecule has 21 heavy (non-hydrogen) atoms. The van der Waals surface area contributed by atoms with Crippen molar-refractivity contribution in [2.24, 2.45) is 5.92 Å². The summed E-state index contributed by atoms with van der Waals surface area (Å²) in [7, 11) is 0. The Morgan fingerprint density at radius 2 is 2.05 bits per heavy atom. The van der Waals surface area contributed by atoms with Gasteiger partial charge in [0.05, 0.1) is 0 Å². The number of carbonyl (C=O) groups is 1. The molecule has 0 aromatic carbocycles. The Bertz CT molecular complexity index is 533. The minimum absolute atomic E-state index is 0.142. The Labute approximate surface area is 125 Å². The standard InChI is InChI=1S/C16H25N3O2/c1-3-10-19(11-13-6-8-17-9-7-13)16(21)14-5-4-12(2)18-15(14)20/h4-5,13,17H,3,6-11H2,1-2H3,(H,18,20). The van der Waals surface area contributed by atoms with E-state index in [9.17, 15) is 9.59 Å². The number of nitrogens with one attached hydrogen (secondary N) is 2. The van der Waals surface area contributed by atoms with Gasteiger partial charge >= 0.3 is 0 Å². The molecule has 2 N–H and O–H groups in total. The van der Waals surface area contributed by atoms with Gasteiger partial charge in [-0.25, -0.2) is 0 Å². The summed E-state index contributed by atoms with van der Waals surface area (Å²) >= 11 is 0. The molecule has 116 valence electrons. The first-order chi connectivity index (χ1) is 10.1. The predicted octanol–water partition coefficient (Wildman–Crippen LogP) is 1.54. The number of H-pyrrole nitrogens is 1. The monoisotopic (exact) mass is 291 g/mol. The minimum Gasteiger partial charge on any atom is -0.338 e. The summed E-state index contributed by atoms with van der Waals surface area (Å²) in [5.41, 5.74) is 0.742. The molecule has 1 amide bonds. The zero-order valence-corrected chi connectivity index (χ0v) is 12.9. The van der Waals surface area contributed by atoms with Crippen LogP contribution in [-0.2, 0) is 0 Å². The highest BCUT2D eigenvalue weighted by Gasteiger charge is 2.22. The summed E-state index contributed by atoms with van der Waals surface area (Å²) < 4.78 is 0. The lowest BCUT2D eigenvalue weighted by molar-refractivity contribution is 0.0714. The van der Waals surface area contributed by atoms with E-state index < -0.39 is 0 Å². The third kappa shape index (κ3) is 4.17. The van der Waals surface area contributed by atoms with Crippen molar-refractivity contribution in [2.45, 2.75) is 33.1 Å². The molecule has 0 aliphatic carbocycles. The maximum Gasteiger partial charge on any atom is 0.260 e. The molecule has 0 spiro atoms. The number of amides is 1. The van der Waals surface area contributed by atoms with E-state index >= 15 is 0 Å². The predicted molar refractivity (Wildman–Crippen MR) is 83.6 cm³/mol. The van der Waals surface area contributed by atoms with Crippen molar-refractivity contribution >= 4 is 5.91 Å². The van der Waals surface area contributed by atoms with E-state index in [1.165, 1.54) is 0 Å². The number of aromatic amines is 1. The van der Waals surface area contributed by atoms with Gasteiger partial charge in [-0.3, -0.25) is 9.59 Å². The first-order valence-electron chi connectivity index (χ1n) is 7.81. The molecule has 1 aromatic rings. The van der Waals surface area contributed by atoms with Crippen molar-refractivity contribution in [1.82, 2.24) is 15.2 Å². The quantitative estimate of drug-likeness (QED) is 0.865. The second-order valence-electron chi connectivity index (χ2n) is 5.83. The molecular weight excluding hydrogens is 266 g/mol. The first-order valence-corrected chi connectivity index (χ1v) is 7.81. The van der Waals surface area contributed by atoms with Crippen LogP contribution in [0.25, 0.3) is 0 Å². The summed E-state index contributed by atoms with van der Waals surface area (Å²) in [4.78, 5) is 29.2. The first kappa shape index (κ1) is 15.8. The van der Waals surface area contributed by atoms with Gasteiger partial charge in [-0.2, -0.15) is 0 Å². The molecule has 1 aliphatic heterocycles. The largest absolute Gasteiger partial charge is 0.338 e. The van der Waals surface area contributed by atoms with Gasteiger partial charge in [-0.1, -0.05) is 6.92 Å². The molecule has 2 rings (SSSR count). The molecule has 1 fully saturated rings. The summed E-state index contributed by atoms with van der Waals surface area (Å²) in [6.45, 7) is 7.36. The Kier molecular flexibility index (Phi) is 5.56. The molecule has 0 atom stereocenters. The summed E-state index contributed by atoms with van der Waals surface area (Å²) in [5, 5.41) is 3.34. The summed E-state index contributed by atoms with van der Waals surface area (Å²) in [6, 6.07) is 3.42. The fourth-order valence-corrected chi connectivity index (χ4v) is 2.83. The van der Waals surface area contributed by atoms with E-state index in [0.29, 0.717) is 12.5 Å². The van der Waals surface area contributed by atoms with Crippen molar-refractivity contribution in [2.75, 3.05) is 26.2 Å². The topological polar surface area (TPSA) is 65.2 Å². The number of aryl methyl sites for hydroxylation is 1. The molecule has 1 saturated heterocycles. The minimum atomic E-state index is -0.286. The lowest BCUT2D eigenvalue weighted by atomic mass is 9.97. The van der Waals surface area contributed by atoms with Crippen molar-refractivity contribution in [1.29, 1.82) is 0 Å². The maximum atomic E-state index is 12.6. The number of nitrogens with zero attached hydrogens (tertiary/aromatic N) is 1. The van der Waals surface area contributed by atoms with Crippen molar-refractivity contribution < 1.29 is 4.79 Å². The van der Waals surface area contributed by atoms with Crippen LogP contribution in [0.3, 0.4) is 0 Å². The number of pyridine rings is 1. The van der Waals surface area contributed by atoms with Crippen LogP contribution in [-0.4, -0.2) is 42.0 Å². The molecule has 1 aliphatic rings. The van der Waals surface area contributed by atoms with Gasteiger partial charge in [0.15, 0.2) is 0 Å². The van der Waals surface area contributed by atoms with Crippen LogP contribution in [0.5, 0.6) is 0 Å². The van der Waals surface area contributed by atoms with Crippen LogP contribution in [0.4, 0.5) is 0 Å². The molecule has 5 nitrogen and oxygen atoms in total. The van der Waals surface area contributed by atoms with Gasteiger partial charge in [0.2, 0.25) is 0 Å². The number of carbonyl (C=O) groups excluding carboxylic acids is 1. The number of rotatable bonds is 5. The van der Waals surface area contributed by atoms with Gasteiger partial charge in [0.1, 0.15) is 5.56 Å². The van der Waals surface area contributed by atoms with Gasteiger partial charge in [0.25, 0.3) is 11.5 Å². The number of hydrogen-bond donors (Lipinski definition) is 2.